The summed E-state index contributed by atoms with van der Waals surface area (Å²) >= 11 is 0. The van der Waals surface area contributed by atoms with E-state index in [0.29, 0.717) is 5.75 Å². The molecule has 0 amide bonds. The first kappa shape index (κ1) is 13.0. The Morgan fingerprint density at radius 1 is 1.45 bits per heavy atom. The van der Waals surface area contributed by atoms with E-state index in [4.69, 9.17) is 4.74 Å². The summed E-state index contributed by atoms with van der Waals surface area (Å²) in [5, 5.41) is 7.78. The van der Waals surface area contributed by atoms with E-state index in [1.807, 2.05) is 17.9 Å². The fraction of sp³-hybridized carbons (Fsp3) is 0.400. The van der Waals surface area contributed by atoms with E-state index in [0.717, 1.165) is 24.9 Å². The van der Waals surface area contributed by atoms with Gasteiger partial charge in [0, 0.05) is 24.4 Å². The number of nitrogens with one attached hydrogen (secondary N) is 1. The highest BCUT2D eigenvalue weighted by Gasteiger charge is 2.24. The maximum atomic E-state index is 13.2. The van der Waals surface area contributed by atoms with Crippen LogP contribution in [-0.2, 0) is 13.5 Å². The van der Waals surface area contributed by atoms with Gasteiger partial charge in [-0.1, -0.05) is 0 Å². The summed E-state index contributed by atoms with van der Waals surface area (Å²) in [5.74, 6) is 0.235. The zero-order valence-electron chi connectivity index (χ0n) is 11.7. The SMILES string of the molecule is COc1cc(F)ccc1NC1CCCc2c1cnn2C. The van der Waals surface area contributed by atoms with Gasteiger partial charge in [0.25, 0.3) is 0 Å². The number of nitrogens with zero attached hydrogens (tertiary/aromatic N) is 2. The number of rotatable bonds is 3. The topological polar surface area (TPSA) is 39.1 Å². The van der Waals surface area contributed by atoms with Gasteiger partial charge in [0.2, 0.25) is 0 Å². The van der Waals surface area contributed by atoms with Crippen molar-refractivity contribution in [2.75, 3.05) is 12.4 Å². The van der Waals surface area contributed by atoms with Gasteiger partial charge in [-0.3, -0.25) is 4.68 Å². The molecule has 1 heterocycles. The van der Waals surface area contributed by atoms with Crippen molar-refractivity contribution >= 4 is 5.69 Å². The summed E-state index contributed by atoms with van der Waals surface area (Å²) in [5.41, 5.74) is 3.32. The molecule has 1 aromatic carbocycles. The molecule has 1 N–H and O–H groups in total. The molecule has 0 aliphatic heterocycles. The van der Waals surface area contributed by atoms with Gasteiger partial charge in [-0.15, -0.1) is 0 Å². The molecule has 3 rings (SSSR count). The smallest absolute Gasteiger partial charge is 0.144 e. The molecule has 0 bridgehead atoms. The lowest BCUT2D eigenvalue weighted by Crippen LogP contribution is -2.18. The summed E-state index contributed by atoms with van der Waals surface area (Å²) in [6.45, 7) is 0. The lowest BCUT2D eigenvalue weighted by atomic mass is 9.93. The minimum atomic E-state index is -0.293. The van der Waals surface area contributed by atoms with E-state index in [1.165, 1.54) is 23.4 Å². The average molecular weight is 275 g/mol. The second-order valence-electron chi connectivity index (χ2n) is 5.10. The van der Waals surface area contributed by atoms with Crippen LogP contribution in [0.4, 0.5) is 10.1 Å². The molecule has 0 saturated carbocycles. The van der Waals surface area contributed by atoms with Crippen molar-refractivity contribution in [3.8, 4) is 5.75 Å². The van der Waals surface area contributed by atoms with Gasteiger partial charge in [-0.2, -0.15) is 5.10 Å². The van der Waals surface area contributed by atoms with Crippen molar-refractivity contribution < 1.29 is 9.13 Å². The molecule has 1 unspecified atom stereocenters. The van der Waals surface area contributed by atoms with E-state index < -0.39 is 0 Å². The Labute approximate surface area is 117 Å². The number of fused-ring (bicyclic) bond motifs is 1. The minimum absolute atomic E-state index is 0.201. The van der Waals surface area contributed by atoms with E-state index in [1.54, 1.807) is 13.2 Å². The van der Waals surface area contributed by atoms with Gasteiger partial charge < -0.3 is 10.1 Å². The first-order chi connectivity index (χ1) is 9.69. The molecule has 106 valence electrons. The number of hydrogen-bond acceptors (Lipinski definition) is 3. The van der Waals surface area contributed by atoms with Gasteiger partial charge in [0.15, 0.2) is 0 Å². The molecule has 0 radical (unpaired) electrons. The van der Waals surface area contributed by atoms with Gasteiger partial charge in [-0.25, -0.2) is 4.39 Å². The van der Waals surface area contributed by atoms with Crippen molar-refractivity contribution in [1.29, 1.82) is 0 Å². The molecule has 2 aromatic rings. The van der Waals surface area contributed by atoms with Crippen LogP contribution in [0.2, 0.25) is 0 Å². The monoisotopic (exact) mass is 275 g/mol. The number of aryl methyl sites for hydroxylation is 1. The van der Waals surface area contributed by atoms with Gasteiger partial charge in [-0.05, 0) is 31.4 Å². The lowest BCUT2D eigenvalue weighted by Gasteiger charge is -2.25. The van der Waals surface area contributed by atoms with E-state index in [2.05, 4.69) is 10.4 Å². The molecule has 1 aliphatic rings. The van der Waals surface area contributed by atoms with E-state index in [9.17, 15) is 4.39 Å². The van der Waals surface area contributed by atoms with Crippen molar-refractivity contribution in [2.24, 2.45) is 7.05 Å². The normalized spacial score (nSPS) is 17.6. The molecule has 1 atom stereocenters. The average Bonchev–Trinajstić information content (AvgIpc) is 2.84. The summed E-state index contributed by atoms with van der Waals surface area (Å²) < 4.78 is 20.4. The van der Waals surface area contributed by atoms with Gasteiger partial charge >= 0.3 is 0 Å². The second-order valence-corrected chi connectivity index (χ2v) is 5.10. The molecular weight excluding hydrogens is 257 g/mol. The van der Waals surface area contributed by atoms with Crippen LogP contribution in [0.3, 0.4) is 0 Å². The van der Waals surface area contributed by atoms with Crippen LogP contribution in [-0.4, -0.2) is 16.9 Å². The Morgan fingerprint density at radius 3 is 3.10 bits per heavy atom. The number of hydrogen-bond donors (Lipinski definition) is 1. The second kappa shape index (κ2) is 5.15. The number of halogens is 1. The highest BCUT2D eigenvalue weighted by molar-refractivity contribution is 5.58. The maximum absolute atomic E-state index is 13.2. The molecule has 0 saturated heterocycles. The Kier molecular flexibility index (Phi) is 3.34. The molecule has 0 spiro atoms. The number of anilines is 1. The highest BCUT2D eigenvalue weighted by atomic mass is 19.1. The Hall–Kier alpha value is -2.04. The molecule has 5 heteroatoms. The number of aromatic nitrogens is 2. The predicted molar refractivity (Wildman–Crippen MR) is 75.5 cm³/mol. The summed E-state index contributed by atoms with van der Waals surface area (Å²) in [7, 11) is 3.52. The van der Waals surface area contributed by atoms with Crippen LogP contribution in [0.25, 0.3) is 0 Å². The summed E-state index contributed by atoms with van der Waals surface area (Å²) in [6, 6.07) is 4.76. The van der Waals surface area contributed by atoms with Crippen LogP contribution >= 0.6 is 0 Å². The third-order valence-corrected chi connectivity index (χ3v) is 3.87. The zero-order chi connectivity index (χ0) is 14.1. The van der Waals surface area contributed by atoms with Crippen LogP contribution in [0.1, 0.15) is 30.1 Å². The molecule has 4 nitrogen and oxygen atoms in total. The van der Waals surface area contributed by atoms with E-state index in [-0.39, 0.29) is 11.9 Å². The first-order valence-corrected chi connectivity index (χ1v) is 6.80. The van der Waals surface area contributed by atoms with Gasteiger partial charge in [0.1, 0.15) is 11.6 Å². The molecular formula is C15H18FN3O. The first-order valence-electron chi connectivity index (χ1n) is 6.80. The molecule has 0 fully saturated rings. The van der Waals surface area contributed by atoms with Crippen LogP contribution in [0, 0.1) is 5.82 Å². The number of benzene rings is 1. The van der Waals surface area contributed by atoms with Crippen molar-refractivity contribution in [3.05, 3.63) is 41.5 Å². The Morgan fingerprint density at radius 2 is 2.30 bits per heavy atom. The third-order valence-electron chi connectivity index (χ3n) is 3.87. The Bertz CT molecular complexity index is 624. The third kappa shape index (κ3) is 2.24. The van der Waals surface area contributed by atoms with Crippen LogP contribution in [0.15, 0.2) is 24.4 Å². The minimum Gasteiger partial charge on any atom is -0.494 e. The molecule has 20 heavy (non-hydrogen) atoms. The number of methoxy groups -OCH3 is 1. The summed E-state index contributed by atoms with van der Waals surface area (Å²) in [6.07, 6.45) is 5.14. The van der Waals surface area contributed by atoms with Crippen LogP contribution < -0.4 is 10.1 Å². The fourth-order valence-corrected chi connectivity index (χ4v) is 2.83. The number of ether oxygens (including phenoxy) is 1. The summed E-state index contributed by atoms with van der Waals surface area (Å²) in [4.78, 5) is 0. The fourth-order valence-electron chi connectivity index (χ4n) is 2.83. The largest absolute Gasteiger partial charge is 0.494 e. The quantitative estimate of drug-likeness (QED) is 0.935. The lowest BCUT2D eigenvalue weighted by molar-refractivity contribution is 0.412. The molecule has 1 aromatic heterocycles. The zero-order valence-corrected chi connectivity index (χ0v) is 11.7. The Balaban J connectivity index is 1.89. The standard InChI is InChI=1S/C15H18FN3O/c1-19-14-5-3-4-12(11(14)9-17-19)18-13-7-6-10(16)8-15(13)20-2/h6-9,12,18H,3-5H2,1-2H3. The van der Waals surface area contributed by atoms with Crippen molar-refractivity contribution in [2.45, 2.75) is 25.3 Å². The van der Waals surface area contributed by atoms with E-state index >= 15 is 0 Å². The molecule has 1 aliphatic carbocycles. The van der Waals surface area contributed by atoms with Crippen molar-refractivity contribution in [1.82, 2.24) is 9.78 Å². The predicted octanol–water partition coefficient (Wildman–Crippen LogP) is 3.06. The maximum Gasteiger partial charge on any atom is 0.144 e. The highest BCUT2D eigenvalue weighted by Crippen LogP contribution is 2.35. The van der Waals surface area contributed by atoms with Crippen molar-refractivity contribution in [3.63, 3.8) is 0 Å². The van der Waals surface area contributed by atoms with Crippen LogP contribution in [0.5, 0.6) is 5.75 Å². The van der Waals surface area contributed by atoms with Gasteiger partial charge in [0.05, 0.1) is 25.0 Å².